The highest BCUT2D eigenvalue weighted by Gasteiger charge is 2.09. The Morgan fingerprint density at radius 1 is 1.25 bits per heavy atom. The summed E-state index contributed by atoms with van der Waals surface area (Å²) >= 11 is 5.77. The van der Waals surface area contributed by atoms with E-state index >= 15 is 0 Å². The molecule has 2 rings (SSSR count). The van der Waals surface area contributed by atoms with Gasteiger partial charge in [0.25, 0.3) is 0 Å². The lowest BCUT2D eigenvalue weighted by molar-refractivity contribution is 0.371. The molecule has 0 aliphatic carbocycles. The molecule has 24 heavy (non-hydrogen) atoms. The van der Waals surface area contributed by atoms with Gasteiger partial charge in [0.05, 0.1) is 0 Å². The topological polar surface area (TPSA) is 88.2 Å². The number of aromatic nitrogens is 3. The molecule has 2 heterocycles. The van der Waals surface area contributed by atoms with Crippen molar-refractivity contribution in [2.75, 3.05) is 20.1 Å². The number of halogens is 1. The van der Waals surface area contributed by atoms with E-state index in [0.717, 1.165) is 30.3 Å². The van der Waals surface area contributed by atoms with Crippen molar-refractivity contribution in [2.45, 2.75) is 32.6 Å². The third kappa shape index (κ3) is 5.81. The van der Waals surface area contributed by atoms with Crippen LogP contribution in [0.25, 0.3) is 0 Å². The van der Waals surface area contributed by atoms with Gasteiger partial charge in [0.1, 0.15) is 5.15 Å². The quantitative estimate of drug-likeness (QED) is 0.452. The second-order valence-electron chi connectivity index (χ2n) is 5.62. The lowest BCUT2D eigenvalue weighted by Crippen LogP contribution is -2.39. The summed E-state index contributed by atoms with van der Waals surface area (Å²) in [7, 11) is 1.74. The minimum absolute atomic E-state index is 0.271. The molecule has 2 aromatic heterocycles. The zero-order valence-electron chi connectivity index (χ0n) is 14.2. The Bertz CT molecular complexity index is 653. The molecule has 8 heteroatoms. The molecule has 0 radical (unpaired) electrons. The maximum Gasteiger partial charge on any atom is 0.228 e. The van der Waals surface area contributed by atoms with E-state index in [4.69, 9.17) is 16.1 Å². The Hall–Kier alpha value is -2.15. The van der Waals surface area contributed by atoms with Crippen LogP contribution >= 0.6 is 11.6 Å². The molecule has 0 bridgehead atoms. The highest BCUT2D eigenvalue weighted by Crippen LogP contribution is 2.09. The van der Waals surface area contributed by atoms with Gasteiger partial charge in [-0.25, -0.2) is 4.98 Å². The van der Waals surface area contributed by atoms with Crippen LogP contribution in [0.1, 0.15) is 37.0 Å². The molecule has 2 aromatic rings. The van der Waals surface area contributed by atoms with E-state index in [1.54, 1.807) is 19.3 Å². The van der Waals surface area contributed by atoms with E-state index in [-0.39, 0.29) is 5.92 Å². The molecule has 2 N–H and O–H groups in total. The Kier molecular flexibility index (Phi) is 6.99. The van der Waals surface area contributed by atoms with Crippen LogP contribution in [0.4, 0.5) is 0 Å². The molecule has 0 saturated heterocycles. The lowest BCUT2D eigenvalue weighted by Gasteiger charge is -2.11. The zero-order chi connectivity index (χ0) is 17.4. The average molecular weight is 351 g/mol. The molecule has 0 unspecified atom stereocenters. The van der Waals surface area contributed by atoms with Gasteiger partial charge in [-0.2, -0.15) is 4.98 Å². The average Bonchev–Trinajstić information content (AvgIpc) is 3.04. The summed E-state index contributed by atoms with van der Waals surface area (Å²) in [4.78, 5) is 12.6. The summed E-state index contributed by atoms with van der Waals surface area (Å²) in [6, 6.07) is 3.76. The van der Waals surface area contributed by atoms with E-state index in [2.05, 4.69) is 30.8 Å². The predicted octanol–water partition coefficient (Wildman–Crippen LogP) is 2.19. The Labute approximate surface area is 146 Å². The molecule has 7 nitrogen and oxygen atoms in total. The smallest absolute Gasteiger partial charge is 0.228 e. The second-order valence-corrected chi connectivity index (χ2v) is 6.00. The number of hydrogen-bond donors (Lipinski definition) is 2. The van der Waals surface area contributed by atoms with Crippen molar-refractivity contribution in [3.8, 4) is 0 Å². The van der Waals surface area contributed by atoms with Crippen molar-refractivity contribution in [1.82, 2.24) is 25.8 Å². The van der Waals surface area contributed by atoms with Gasteiger partial charge in [-0.3, -0.25) is 4.99 Å². The summed E-state index contributed by atoms with van der Waals surface area (Å²) in [5.74, 6) is 2.38. The van der Waals surface area contributed by atoms with Crippen LogP contribution in [0.3, 0.4) is 0 Å². The second kappa shape index (κ2) is 9.22. The first kappa shape index (κ1) is 18.2. The highest BCUT2D eigenvalue weighted by atomic mass is 35.5. The van der Waals surface area contributed by atoms with Crippen LogP contribution in [-0.4, -0.2) is 41.2 Å². The SMILES string of the molecule is CN=C(NCCc1ccc(Cl)nc1)NCCc1nc(C(C)C)no1. The van der Waals surface area contributed by atoms with Crippen LogP contribution in [0, 0.1) is 0 Å². The molecular weight excluding hydrogens is 328 g/mol. The Morgan fingerprint density at radius 2 is 2.00 bits per heavy atom. The van der Waals surface area contributed by atoms with Crippen molar-refractivity contribution >= 4 is 17.6 Å². The first-order valence-corrected chi connectivity index (χ1v) is 8.33. The monoisotopic (exact) mass is 350 g/mol. The van der Waals surface area contributed by atoms with Gasteiger partial charge in [0, 0.05) is 38.7 Å². The summed E-state index contributed by atoms with van der Waals surface area (Å²) < 4.78 is 5.21. The van der Waals surface area contributed by atoms with Crippen molar-refractivity contribution in [3.63, 3.8) is 0 Å². The molecule has 0 aliphatic heterocycles. The molecule has 130 valence electrons. The number of pyridine rings is 1. The van der Waals surface area contributed by atoms with E-state index < -0.39 is 0 Å². The minimum Gasteiger partial charge on any atom is -0.356 e. The largest absolute Gasteiger partial charge is 0.356 e. The molecule has 0 aromatic carbocycles. The predicted molar refractivity (Wildman–Crippen MR) is 94.4 cm³/mol. The Morgan fingerprint density at radius 3 is 2.58 bits per heavy atom. The maximum atomic E-state index is 5.77. The number of hydrogen-bond acceptors (Lipinski definition) is 5. The van der Waals surface area contributed by atoms with Crippen LogP contribution in [0.5, 0.6) is 0 Å². The third-order valence-corrected chi connectivity index (χ3v) is 3.57. The molecule has 0 spiro atoms. The van der Waals surface area contributed by atoms with Crippen molar-refractivity contribution in [3.05, 3.63) is 40.8 Å². The molecular formula is C16H23ClN6O. The van der Waals surface area contributed by atoms with Gasteiger partial charge < -0.3 is 15.2 Å². The lowest BCUT2D eigenvalue weighted by atomic mass is 10.2. The molecule has 0 atom stereocenters. The van der Waals surface area contributed by atoms with Gasteiger partial charge in [0.15, 0.2) is 11.8 Å². The van der Waals surface area contributed by atoms with Gasteiger partial charge in [-0.15, -0.1) is 0 Å². The Balaban J connectivity index is 1.69. The number of guanidine groups is 1. The van der Waals surface area contributed by atoms with Crippen molar-refractivity contribution in [1.29, 1.82) is 0 Å². The van der Waals surface area contributed by atoms with E-state index in [1.165, 1.54) is 0 Å². The van der Waals surface area contributed by atoms with E-state index in [1.807, 2.05) is 19.9 Å². The normalized spacial score (nSPS) is 11.8. The molecule has 0 fully saturated rings. The number of rotatable bonds is 7. The fraction of sp³-hybridized carbons (Fsp3) is 0.500. The fourth-order valence-electron chi connectivity index (χ4n) is 1.99. The van der Waals surface area contributed by atoms with Crippen LogP contribution in [0.15, 0.2) is 27.8 Å². The molecule has 0 aliphatic rings. The summed E-state index contributed by atoms with van der Waals surface area (Å²) in [5, 5.41) is 10.9. The van der Waals surface area contributed by atoms with Gasteiger partial charge in [-0.1, -0.05) is 36.7 Å². The van der Waals surface area contributed by atoms with Crippen molar-refractivity contribution in [2.24, 2.45) is 4.99 Å². The standard InChI is InChI=1S/C16H23ClN6O/c1-11(2)15-22-14(24-23-15)7-9-20-16(18-3)19-8-6-12-4-5-13(17)21-10-12/h4-5,10-11H,6-9H2,1-3H3,(H2,18,19,20). The van der Waals surface area contributed by atoms with Gasteiger partial charge in [-0.05, 0) is 18.1 Å². The van der Waals surface area contributed by atoms with Gasteiger partial charge >= 0.3 is 0 Å². The number of nitrogens with one attached hydrogen (secondary N) is 2. The van der Waals surface area contributed by atoms with E-state index in [9.17, 15) is 0 Å². The highest BCUT2D eigenvalue weighted by molar-refractivity contribution is 6.29. The van der Waals surface area contributed by atoms with Crippen LogP contribution in [0.2, 0.25) is 5.15 Å². The first-order valence-electron chi connectivity index (χ1n) is 7.96. The van der Waals surface area contributed by atoms with Gasteiger partial charge in [0.2, 0.25) is 5.89 Å². The van der Waals surface area contributed by atoms with Crippen LogP contribution in [-0.2, 0) is 12.8 Å². The van der Waals surface area contributed by atoms with E-state index in [0.29, 0.717) is 24.0 Å². The summed E-state index contributed by atoms with van der Waals surface area (Å²) in [6.45, 7) is 5.49. The summed E-state index contributed by atoms with van der Waals surface area (Å²) in [5.41, 5.74) is 1.12. The summed E-state index contributed by atoms with van der Waals surface area (Å²) in [6.07, 6.45) is 3.27. The fourth-order valence-corrected chi connectivity index (χ4v) is 2.10. The number of aliphatic imine (C=N–C) groups is 1. The minimum atomic E-state index is 0.271. The molecule has 0 saturated carbocycles. The zero-order valence-corrected chi connectivity index (χ0v) is 15.0. The maximum absolute atomic E-state index is 5.77. The number of nitrogens with zero attached hydrogens (tertiary/aromatic N) is 4. The third-order valence-electron chi connectivity index (χ3n) is 3.35. The van der Waals surface area contributed by atoms with Crippen molar-refractivity contribution < 1.29 is 4.52 Å². The van der Waals surface area contributed by atoms with Crippen LogP contribution < -0.4 is 10.6 Å². The molecule has 0 amide bonds. The first-order chi connectivity index (χ1) is 11.6.